The van der Waals surface area contributed by atoms with Crippen molar-refractivity contribution in [2.45, 2.75) is 26.4 Å². The van der Waals surface area contributed by atoms with Gasteiger partial charge in [0.1, 0.15) is 11.8 Å². The van der Waals surface area contributed by atoms with Gasteiger partial charge in [0.05, 0.1) is 12.8 Å². The lowest BCUT2D eigenvalue weighted by Gasteiger charge is -2.21. The fraction of sp³-hybridized carbons (Fsp3) is 0.357. The summed E-state index contributed by atoms with van der Waals surface area (Å²) in [6.45, 7) is 4.50. The first kappa shape index (κ1) is 12.5. The highest BCUT2D eigenvalue weighted by atomic mass is 16.3. The van der Waals surface area contributed by atoms with E-state index in [0.29, 0.717) is 6.54 Å². The van der Waals surface area contributed by atoms with Gasteiger partial charge >= 0.3 is 0 Å². The molecule has 1 amide bonds. The van der Waals surface area contributed by atoms with Crippen molar-refractivity contribution in [2.75, 3.05) is 0 Å². The molecular formula is C14H18N2O2. The average Bonchev–Trinajstić information content (AvgIpc) is 2.99. The summed E-state index contributed by atoms with van der Waals surface area (Å²) in [5.74, 6) is 1.00. The summed E-state index contributed by atoms with van der Waals surface area (Å²) >= 11 is 0. The molecule has 0 aliphatic rings. The molecule has 0 fully saturated rings. The number of aromatic nitrogens is 1. The van der Waals surface area contributed by atoms with Crippen molar-refractivity contribution in [3.8, 4) is 0 Å². The van der Waals surface area contributed by atoms with Crippen LogP contribution in [0.25, 0.3) is 0 Å². The van der Waals surface area contributed by atoms with Gasteiger partial charge in [-0.05, 0) is 30.2 Å². The molecule has 1 unspecified atom stereocenters. The van der Waals surface area contributed by atoms with Gasteiger partial charge in [0.2, 0.25) is 5.91 Å². The number of hydrogen-bond acceptors (Lipinski definition) is 2. The minimum Gasteiger partial charge on any atom is -0.467 e. The molecule has 0 aromatic carbocycles. The molecule has 2 heterocycles. The Bertz CT molecular complexity index is 472. The molecule has 1 N–H and O–H groups in total. The average molecular weight is 246 g/mol. The second-order valence-corrected chi connectivity index (χ2v) is 4.62. The lowest BCUT2D eigenvalue weighted by Crippen LogP contribution is -2.34. The standard InChI is InChI=1S/C14H18N2O2/c1-11(2)13(16-7-3-4-8-16)14(17)15-10-12-6-5-9-18-12/h3-9,11,13H,10H2,1-2H3,(H,15,17). The molecule has 0 bridgehead atoms. The number of hydrogen-bond donors (Lipinski definition) is 1. The number of furan rings is 1. The first-order valence-electron chi connectivity index (χ1n) is 6.11. The van der Waals surface area contributed by atoms with Gasteiger partial charge in [0.15, 0.2) is 0 Å². The predicted octanol–water partition coefficient (Wildman–Crippen LogP) is 2.59. The van der Waals surface area contributed by atoms with Gasteiger partial charge in [-0.1, -0.05) is 13.8 Å². The fourth-order valence-electron chi connectivity index (χ4n) is 2.01. The minimum atomic E-state index is -0.185. The molecule has 2 aromatic heterocycles. The molecule has 2 rings (SSSR count). The first-order valence-corrected chi connectivity index (χ1v) is 6.11. The van der Waals surface area contributed by atoms with Crippen LogP contribution in [0.15, 0.2) is 47.3 Å². The van der Waals surface area contributed by atoms with Gasteiger partial charge in [0, 0.05) is 12.4 Å². The van der Waals surface area contributed by atoms with Crippen molar-refractivity contribution >= 4 is 5.91 Å². The summed E-state index contributed by atoms with van der Waals surface area (Å²) in [5.41, 5.74) is 0. The summed E-state index contributed by atoms with van der Waals surface area (Å²) < 4.78 is 7.13. The minimum absolute atomic E-state index is 0.0117. The maximum absolute atomic E-state index is 12.2. The van der Waals surface area contributed by atoms with Gasteiger partial charge in [0.25, 0.3) is 0 Å². The monoisotopic (exact) mass is 246 g/mol. The highest BCUT2D eigenvalue weighted by Gasteiger charge is 2.22. The normalized spacial score (nSPS) is 12.6. The zero-order valence-electron chi connectivity index (χ0n) is 10.7. The first-order chi connectivity index (χ1) is 8.68. The molecule has 2 aromatic rings. The quantitative estimate of drug-likeness (QED) is 0.881. The third kappa shape index (κ3) is 2.83. The van der Waals surface area contributed by atoms with E-state index >= 15 is 0 Å². The molecule has 96 valence electrons. The Morgan fingerprint density at radius 2 is 2.06 bits per heavy atom. The summed E-state index contributed by atoms with van der Waals surface area (Å²) in [6.07, 6.45) is 5.43. The Morgan fingerprint density at radius 1 is 1.33 bits per heavy atom. The molecule has 0 spiro atoms. The number of carbonyl (C=O) groups is 1. The van der Waals surface area contributed by atoms with E-state index in [-0.39, 0.29) is 17.9 Å². The van der Waals surface area contributed by atoms with Crippen molar-refractivity contribution in [2.24, 2.45) is 5.92 Å². The van der Waals surface area contributed by atoms with E-state index in [0.717, 1.165) is 5.76 Å². The largest absolute Gasteiger partial charge is 0.467 e. The summed E-state index contributed by atoms with van der Waals surface area (Å²) in [4.78, 5) is 12.2. The summed E-state index contributed by atoms with van der Waals surface area (Å²) in [5, 5.41) is 2.90. The van der Waals surface area contributed by atoms with Gasteiger partial charge in [-0.3, -0.25) is 4.79 Å². The highest BCUT2D eigenvalue weighted by molar-refractivity contribution is 5.80. The van der Waals surface area contributed by atoms with Gasteiger partial charge < -0.3 is 14.3 Å². The molecule has 4 nitrogen and oxygen atoms in total. The van der Waals surface area contributed by atoms with Crippen molar-refractivity contribution in [3.63, 3.8) is 0 Å². The van der Waals surface area contributed by atoms with E-state index < -0.39 is 0 Å². The zero-order valence-corrected chi connectivity index (χ0v) is 10.7. The Kier molecular flexibility index (Phi) is 3.87. The fourth-order valence-corrected chi connectivity index (χ4v) is 2.01. The second kappa shape index (κ2) is 5.58. The van der Waals surface area contributed by atoms with Crippen molar-refractivity contribution in [3.05, 3.63) is 48.7 Å². The van der Waals surface area contributed by atoms with E-state index in [1.165, 1.54) is 0 Å². The number of nitrogens with zero attached hydrogens (tertiary/aromatic N) is 1. The molecule has 1 atom stereocenters. The highest BCUT2D eigenvalue weighted by Crippen LogP contribution is 2.18. The molecule has 0 aliphatic heterocycles. The molecule has 0 saturated heterocycles. The van der Waals surface area contributed by atoms with E-state index in [9.17, 15) is 4.79 Å². The van der Waals surface area contributed by atoms with Crippen LogP contribution in [-0.4, -0.2) is 10.5 Å². The van der Waals surface area contributed by atoms with Crippen LogP contribution in [0.2, 0.25) is 0 Å². The zero-order chi connectivity index (χ0) is 13.0. The van der Waals surface area contributed by atoms with Crippen LogP contribution < -0.4 is 5.32 Å². The maximum Gasteiger partial charge on any atom is 0.243 e. The number of rotatable bonds is 5. The molecule has 18 heavy (non-hydrogen) atoms. The topological polar surface area (TPSA) is 47.2 Å². The van der Waals surface area contributed by atoms with Crippen LogP contribution in [0, 0.1) is 5.92 Å². The molecule has 4 heteroatoms. The summed E-state index contributed by atoms with van der Waals surface area (Å²) in [7, 11) is 0. The van der Waals surface area contributed by atoms with Gasteiger partial charge in [-0.25, -0.2) is 0 Å². The predicted molar refractivity (Wildman–Crippen MR) is 68.9 cm³/mol. The van der Waals surface area contributed by atoms with Crippen LogP contribution in [-0.2, 0) is 11.3 Å². The maximum atomic E-state index is 12.2. The van der Waals surface area contributed by atoms with Crippen molar-refractivity contribution in [1.29, 1.82) is 0 Å². The number of nitrogens with one attached hydrogen (secondary N) is 1. The van der Waals surface area contributed by atoms with E-state index in [1.54, 1.807) is 6.26 Å². The molecule has 0 saturated carbocycles. The van der Waals surface area contributed by atoms with Crippen LogP contribution in [0.3, 0.4) is 0 Å². The van der Waals surface area contributed by atoms with Crippen LogP contribution >= 0.6 is 0 Å². The third-order valence-corrected chi connectivity index (χ3v) is 2.87. The Balaban J connectivity index is 2.01. The SMILES string of the molecule is CC(C)C(C(=O)NCc1ccco1)n1cccc1. The van der Waals surface area contributed by atoms with E-state index in [4.69, 9.17) is 4.42 Å². The van der Waals surface area contributed by atoms with E-state index in [1.807, 2.05) is 55.1 Å². The Morgan fingerprint density at radius 3 is 2.61 bits per heavy atom. The Hall–Kier alpha value is -1.97. The van der Waals surface area contributed by atoms with Crippen LogP contribution in [0.1, 0.15) is 25.6 Å². The number of amides is 1. The Labute approximate surface area is 107 Å². The lowest BCUT2D eigenvalue weighted by atomic mass is 10.0. The van der Waals surface area contributed by atoms with Crippen LogP contribution in [0.5, 0.6) is 0 Å². The van der Waals surface area contributed by atoms with E-state index in [2.05, 4.69) is 5.32 Å². The van der Waals surface area contributed by atoms with Crippen molar-refractivity contribution in [1.82, 2.24) is 9.88 Å². The summed E-state index contributed by atoms with van der Waals surface area (Å²) in [6, 6.07) is 7.33. The molecule has 0 radical (unpaired) electrons. The molecular weight excluding hydrogens is 228 g/mol. The smallest absolute Gasteiger partial charge is 0.243 e. The van der Waals surface area contributed by atoms with Gasteiger partial charge in [-0.2, -0.15) is 0 Å². The van der Waals surface area contributed by atoms with Crippen molar-refractivity contribution < 1.29 is 9.21 Å². The molecule has 0 aliphatic carbocycles. The number of carbonyl (C=O) groups excluding carboxylic acids is 1. The van der Waals surface area contributed by atoms with Gasteiger partial charge in [-0.15, -0.1) is 0 Å². The lowest BCUT2D eigenvalue weighted by molar-refractivity contribution is -0.125. The third-order valence-electron chi connectivity index (χ3n) is 2.87. The van der Waals surface area contributed by atoms with Crippen LogP contribution in [0.4, 0.5) is 0 Å². The second-order valence-electron chi connectivity index (χ2n) is 4.62.